The Bertz CT molecular complexity index is 829. The van der Waals surface area contributed by atoms with Gasteiger partial charge in [0.15, 0.2) is 5.65 Å². The van der Waals surface area contributed by atoms with Crippen molar-refractivity contribution in [3.8, 4) is 0 Å². The van der Waals surface area contributed by atoms with Crippen molar-refractivity contribution in [1.82, 2.24) is 19.4 Å². The molecule has 0 atom stereocenters. The second-order valence-electron chi connectivity index (χ2n) is 6.60. The number of nitrogens with one attached hydrogen (secondary N) is 1. The predicted molar refractivity (Wildman–Crippen MR) is 94.2 cm³/mol. The summed E-state index contributed by atoms with van der Waals surface area (Å²) in [4.78, 5) is 11.7. The van der Waals surface area contributed by atoms with Gasteiger partial charge in [0, 0.05) is 12.2 Å². The molecule has 3 aromatic rings. The van der Waals surface area contributed by atoms with E-state index in [4.69, 9.17) is 9.40 Å². The molecular weight excluding hydrogens is 302 g/mol. The Hall–Kier alpha value is -2.34. The molecule has 0 saturated carbocycles. The van der Waals surface area contributed by atoms with Gasteiger partial charge < -0.3 is 14.6 Å². The fraction of sp³-hybridized carbons (Fsp3) is 0.444. The number of likely N-dealkylation sites (tertiary alicyclic amines) is 1. The quantitative estimate of drug-likeness (QED) is 0.799. The van der Waals surface area contributed by atoms with Crippen molar-refractivity contribution in [2.75, 3.05) is 25.5 Å². The lowest BCUT2D eigenvalue weighted by atomic mass is 10.1. The van der Waals surface area contributed by atoms with E-state index in [1.165, 1.54) is 0 Å². The Kier molecular flexibility index (Phi) is 3.98. The van der Waals surface area contributed by atoms with E-state index in [1.54, 1.807) is 0 Å². The summed E-state index contributed by atoms with van der Waals surface area (Å²) in [6.45, 7) is 4.84. The molecular formula is C18H23N5O. The zero-order valence-electron chi connectivity index (χ0n) is 14.2. The normalized spacial score (nSPS) is 16.8. The van der Waals surface area contributed by atoms with E-state index in [0.717, 1.165) is 54.6 Å². The fourth-order valence-electron chi connectivity index (χ4n) is 3.28. The number of aromatic nitrogens is 3. The first kappa shape index (κ1) is 15.2. The third-order valence-corrected chi connectivity index (χ3v) is 4.67. The van der Waals surface area contributed by atoms with Gasteiger partial charge in [-0.2, -0.15) is 0 Å². The summed E-state index contributed by atoms with van der Waals surface area (Å²) in [6.07, 6.45) is 4.08. The zero-order chi connectivity index (χ0) is 16.5. The van der Waals surface area contributed by atoms with Crippen molar-refractivity contribution >= 4 is 17.1 Å². The average molecular weight is 325 g/mol. The van der Waals surface area contributed by atoms with E-state index in [-0.39, 0.29) is 0 Å². The maximum absolute atomic E-state index is 5.75. The number of nitrogens with zero attached hydrogens (tertiary/aromatic N) is 4. The smallest absolute Gasteiger partial charge is 0.205 e. The highest BCUT2D eigenvalue weighted by atomic mass is 16.3. The van der Waals surface area contributed by atoms with Crippen molar-refractivity contribution in [3.05, 3.63) is 42.0 Å². The molecule has 0 unspecified atom stereocenters. The molecule has 24 heavy (non-hydrogen) atoms. The van der Waals surface area contributed by atoms with Crippen LogP contribution in [-0.2, 0) is 6.54 Å². The monoisotopic (exact) mass is 325 g/mol. The summed E-state index contributed by atoms with van der Waals surface area (Å²) in [5, 5.41) is 3.63. The van der Waals surface area contributed by atoms with Crippen molar-refractivity contribution in [2.24, 2.45) is 0 Å². The van der Waals surface area contributed by atoms with Crippen LogP contribution in [0.3, 0.4) is 0 Å². The van der Waals surface area contributed by atoms with Crippen molar-refractivity contribution in [3.63, 3.8) is 0 Å². The average Bonchev–Trinajstić information content (AvgIpc) is 3.14. The summed E-state index contributed by atoms with van der Waals surface area (Å²) in [5.74, 6) is 2.73. The summed E-state index contributed by atoms with van der Waals surface area (Å²) < 4.78 is 7.87. The van der Waals surface area contributed by atoms with Gasteiger partial charge in [0.2, 0.25) is 5.95 Å². The first-order valence-electron chi connectivity index (χ1n) is 8.51. The molecule has 3 aromatic heterocycles. The second kappa shape index (κ2) is 6.28. The van der Waals surface area contributed by atoms with Gasteiger partial charge in [-0.15, -0.1) is 0 Å². The molecule has 0 amide bonds. The summed E-state index contributed by atoms with van der Waals surface area (Å²) in [5.41, 5.74) is 1.80. The van der Waals surface area contributed by atoms with Crippen molar-refractivity contribution in [1.29, 1.82) is 0 Å². The van der Waals surface area contributed by atoms with Crippen molar-refractivity contribution < 1.29 is 4.42 Å². The molecule has 0 aromatic carbocycles. The van der Waals surface area contributed by atoms with Crippen LogP contribution in [0.5, 0.6) is 0 Å². The van der Waals surface area contributed by atoms with E-state index >= 15 is 0 Å². The van der Waals surface area contributed by atoms with Crippen molar-refractivity contribution in [2.45, 2.75) is 32.4 Å². The van der Waals surface area contributed by atoms with E-state index in [0.29, 0.717) is 12.6 Å². The summed E-state index contributed by atoms with van der Waals surface area (Å²) >= 11 is 0. The first-order valence-corrected chi connectivity index (χ1v) is 8.51. The second-order valence-corrected chi connectivity index (χ2v) is 6.60. The highest BCUT2D eigenvalue weighted by molar-refractivity contribution is 5.74. The van der Waals surface area contributed by atoms with Crippen LogP contribution < -0.4 is 5.32 Å². The molecule has 1 saturated heterocycles. The lowest BCUT2D eigenvalue weighted by Gasteiger charge is -2.29. The number of anilines is 1. The van der Waals surface area contributed by atoms with E-state index in [1.807, 2.05) is 37.4 Å². The first-order chi connectivity index (χ1) is 11.7. The Morgan fingerprint density at radius 3 is 2.83 bits per heavy atom. The highest BCUT2D eigenvalue weighted by Crippen LogP contribution is 2.22. The third kappa shape index (κ3) is 3.01. The van der Waals surface area contributed by atoms with Crippen LogP contribution in [0.25, 0.3) is 11.2 Å². The fourth-order valence-corrected chi connectivity index (χ4v) is 3.28. The van der Waals surface area contributed by atoms with Crippen LogP contribution in [0.15, 0.2) is 34.9 Å². The number of hydrogen-bond acceptors (Lipinski definition) is 5. The Morgan fingerprint density at radius 1 is 1.25 bits per heavy atom. The Balaban J connectivity index is 1.64. The van der Waals surface area contributed by atoms with Crippen LogP contribution in [0.2, 0.25) is 0 Å². The molecule has 0 spiro atoms. The molecule has 126 valence electrons. The summed E-state index contributed by atoms with van der Waals surface area (Å²) in [6, 6.07) is 8.40. The number of imidazole rings is 1. The molecule has 1 N–H and O–H groups in total. The minimum Gasteiger partial charge on any atom is -0.464 e. The van der Waals surface area contributed by atoms with Gasteiger partial charge >= 0.3 is 0 Å². The third-order valence-electron chi connectivity index (χ3n) is 4.67. The molecule has 6 heteroatoms. The lowest BCUT2D eigenvalue weighted by Crippen LogP contribution is -2.37. The van der Waals surface area contributed by atoms with Crippen LogP contribution in [0.4, 0.5) is 5.95 Å². The van der Waals surface area contributed by atoms with Gasteiger partial charge in [-0.1, -0.05) is 0 Å². The van der Waals surface area contributed by atoms with E-state index < -0.39 is 0 Å². The highest BCUT2D eigenvalue weighted by Gasteiger charge is 2.20. The molecule has 0 bridgehead atoms. The largest absolute Gasteiger partial charge is 0.464 e. The van der Waals surface area contributed by atoms with Crippen LogP contribution in [-0.4, -0.2) is 45.6 Å². The number of piperidine rings is 1. The predicted octanol–water partition coefficient (Wildman–Crippen LogP) is 2.89. The number of aryl methyl sites for hydroxylation is 1. The maximum Gasteiger partial charge on any atom is 0.205 e. The van der Waals surface area contributed by atoms with Gasteiger partial charge in [-0.25, -0.2) is 9.97 Å². The molecule has 6 nitrogen and oxygen atoms in total. The Morgan fingerprint density at radius 2 is 2.08 bits per heavy atom. The number of rotatable bonds is 4. The zero-order valence-corrected chi connectivity index (χ0v) is 14.2. The minimum absolute atomic E-state index is 0.454. The molecule has 0 radical (unpaired) electrons. The number of hydrogen-bond donors (Lipinski definition) is 1. The molecule has 1 aliphatic rings. The lowest BCUT2D eigenvalue weighted by molar-refractivity contribution is 0.263. The SMILES string of the molecule is Cc1ccc(Cn2c(NC3CCN(C)CC3)nc3cccnc32)o1. The molecule has 1 fully saturated rings. The van der Waals surface area contributed by atoms with Gasteiger partial charge in [0.05, 0.1) is 6.54 Å². The number of pyridine rings is 1. The van der Waals surface area contributed by atoms with Crippen LogP contribution in [0, 0.1) is 6.92 Å². The molecule has 0 aliphatic carbocycles. The van der Waals surface area contributed by atoms with Crippen LogP contribution >= 0.6 is 0 Å². The van der Waals surface area contributed by atoms with Crippen LogP contribution in [0.1, 0.15) is 24.4 Å². The number of furan rings is 1. The maximum atomic E-state index is 5.75. The van der Waals surface area contributed by atoms with Gasteiger partial charge in [-0.3, -0.25) is 4.57 Å². The van der Waals surface area contributed by atoms with E-state index in [2.05, 4.69) is 26.8 Å². The van der Waals surface area contributed by atoms with E-state index in [9.17, 15) is 0 Å². The van der Waals surface area contributed by atoms with Gasteiger partial charge in [-0.05, 0) is 64.2 Å². The molecule has 4 rings (SSSR count). The standard InChI is InChI=1S/C18H23N5O/c1-13-5-6-15(24-13)12-23-17-16(4-3-9-19-17)21-18(23)20-14-7-10-22(2)11-8-14/h3-6,9,14H,7-8,10-12H2,1-2H3,(H,20,21). The molecule has 4 heterocycles. The minimum atomic E-state index is 0.454. The number of fused-ring (bicyclic) bond motifs is 1. The Labute approximate surface area is 141 Å². The van der Waals surface area contributed by atoms with Gasteiger partial charge in [0.25, 0.3) is 0 Å². The molecule has 1 aliphatic heterocycles. The van der Waals surface area contributed by atoms with Gasteiger partial charge in [0.1, 0.15) is 17.0 Å². The summed E-state index contributed by atoms with van der Waals surface area (Å²) in [7, 11) is 2.18. The topological polar surface area (TPSA) is 59.1 Å².